The van der Waals surface area contributed by atoms with Gasteiger partial charge in [-0.25, -0.2) is 0 Å². The molecule has 1 fully saturated rings. The average Bonchev–Trinajstić information content (AvgIpc) is 2.58. The van der Waals surface area contributed by atoms with Crippen molar-refractivity contribution in [3.05, 3.63) is 29.3 Å². The highest BCUT2D eigenvalue weighted by Crippen LogP contribution is 2.35. The van der Waals surface area contributed by atoms with E-state index in [1.165, 1.54) is 12.1 Å². The van der Waals surface area contributed by atoms with E-state index in [1.54, 1.807) is 20.8 Å². The molecule has 3 N–H and O–H groups in total. The minimum Gasteiger partial charge on any atom is -0.488 e. The van der Waals surface area contributed by atoms with Crippen LogP contribution in [-0.4, -0.2) is 30.8 Å². The molecular weight excluding hydrogens is 397 g/mol. The van der Waals surface area contributed by atoms with Gasteiger partial charge in [0.25, 0.3) is 0 Å². The Hall–Kier alpha value is -1.51. The third kappa shape index (κ3) is 7.14. The molecule has 0 spiro atoms. The van der Waals surface area contributed by atoms with Gasteiger partial charge < -0.3 is 20.5 Å². The summed E-state index contributed by atoms with van der Waals surface area (Å²) < 4.78 is 51.0. The number of benzene rings is 1. The highest BCUT2D eigenvalue weighted by Gasteiger charge is 2.34. The molecule has 0 aliphatic carbocycles. The molecule has 9 heteroatoms. The van der Waals surface area contributed by atoms with E-state index in [9.17, 15) is 18.0 Å². The minimum atomic E-state index is -4.56. The summed E-state index contributed by atoms with van der Waals surface area (Å²) in [6.07, 6.45) is -3.22. The first-order chi connectivity index (χ1) is 12.5. The smallest absolute Gasteiger partial charge is 0.416 e. The van der Waals surface area contributed by atoms with Crippen LogP contribution in [0.5, 0.6) is 5.75 Å². The van der Waals surface area contributed by atoms with Crippen molar-refractivity contribution in [3.8, 4) is 5.75 Å². The van der Waals surface area contributed by atoms with Crippen LogP contribution in [0.2, 0.25) is 0 Å². The van der Waals surface area contributed by atoms with Gasteiger partial charge in [-0.15, -0.1) is 12.4 Å². The molecular formula is C19H28ClF3N2O3. The number of hydrogen-bond acceptors (Lipinski definition) is 4. The molecule has 0 aromatic heterocycles. The van der Waals surface area contributed by atoms with Crippen molar-refractivity contribution in [1.29, 1.82) is 0 Å². The number of hydrogen-bond donors (Lipinski definition) is 2. The Balaban J connectivity index is 0.00000392. The van der Waals surface area contributed by atoms with Crippen molar-refractivity contribution in [2.24, 2.45) is 11.7 Å². The molecule has 1 amide bonds. The van der Waals surface area contributed by atoms with Gasteiger partial charge in [-0.2, -0.15) is 13.2 Å². The predicted octanol–water partition coefficient (Wildman–Crippen LogP) is 3.67. The van der Waals surface area contributed by atoms with E-state index in [0.717, 1.165) is 6.07 Å². The Bertz CT molecular complexity index is 657. The Morgan fingerprint density at radius 3 is 2.43 bits per heavy atom. The number of carbonyl (C=O) groups excluding carboxylic acids is 1. The van der Waals surface area contributed by atoms with Gasteiger partial charge in [-0.05, 0) is 57.2 Å². The molecule has 1 atom stereocenters. The first kappa shape index (κ1) is 24.5. The Morgan fingerprint density at radius 2 is 1.89 bits per heavy atom. The minimum absolute atomic E-state index is 0. The molecule has 0 radical (unpaired) electrons. The first-order valence-electron chi connectivity index (χ1n) is 8.97. The van der Waals surface area contributed by atoms with Crippen molar-refractivity contribution in [2.75, 3.05) is 13.2 Å². The van der Waals surface area contributed by atoms with E-state index in [0.29, 0.717) is 26.1 Å². The van der Waals surface area contributed by atoms with Crippen molar-refractivity contribution >= 4 is 18.3 Å². The largest absolute Gasteiger partial charge is 0.488 e. The Kier molecular flexibility index (Phi) is 8.59. The lowest BCUT2D eigenvalue weighted by Gasteiger charge is -2.27. The lowest BCUT2D eigenvalue weighted by atomic mass is 9.92. The molecule has 28 heavy (non-hydrogen) atoms. The number of nitrogens with one attached hydrogen (secondary N) is 1. The fourth-order valence-corrected chi connectivity index (χ4v) is 2.98. The van der Waals surface area contributed by atoms with E-state index in [1.807, 2.05) is 0 Å². The number of rotatable bonds is 5. The molecule has 1 saturated heterocycles. The summed E-state index contributed by atoms with van der Waals surface area (Å²) in [5, 5.41) is 2.53. The van der Waals surface area contributed by atoms with Crippen molar-refractivity contribution in [2.45, 2.75) is 58.0 Å². The molecule has 1 aliphatic rings. The predicted molar refractivity (Wildman–Crippen MR) is 102 cm³/mol. The summed E-state index contributed by atoms with van der Waals surface area (Å²) in [6, 6.07) is 3.00. The summed E-state index contributed by atoms with van der Waals surface area (Å²) in [7, 11) is 0. The quantitative estimate of drug-likeness (QED) is 0.756. The van der Waals surface area contributed by atoms with Gasteiger partial charge >= 0.3 is 6.18 Å². The molecule has 2 rings (SSSR count). The van der Waals surface area contributed by atoms with Crippen LogP contribution in [-0.2, 0) is 22.3 Å². The molecule has 1 aliphatic heterocycles. The number of ether oxygens (including phenoxy) is 2. The number of carbonyl (C=O) groups is 1. The van der Waals surface area contributed by atoms with E-state index >= 15 is 0 Å². The lowest BCUT2D eigenvalue weighted by molar-refractivity contribution is -0.138. The van der Waals surface area contributed by atoms with Crippen LogP contribution in [0, 0.1) is 5.92 Å². The van der Waals surface area contributed by atoms with Gasteiger partial charge in [0, 0.05) is 19.8 Å². The maximum atomic E-state index is 13.4. The molecule has 1 unspecified atom stereocenters. The molecule has 5 nitrogen and oxygen atoms in total. The highest BCUT2D eigenvalue weighted by atomic mass is 35.5. The number of nitrogens with two attached hydrogens (primary N) is 1. The second kappa shape index (κ2) is 9.80. The zero-order chi connectivity index (χ0) is 20.2. The van der Waals surface area contributed by atoms with Gasteiger partial charge in [0.05, 0.1) is 11.6 Å². The van der Waals surface area contributed by atoms with E-state index in [2.05, 4.69) is 5.32 Å². The zero-order valence-corrected chi connectivity index (χ0v) is 17.1. The normalized spacial score (nSPS) is 16.8. The van der Waals surface area contributed by atoms with Crippen LogP contribution < -0.4 is 15.8 Å². The van der Waals surface area contributed by atoms with Gasteiger partial charge in [0.2, 0.25) is 5.91 Å². The van der Waals surface area contributed by atoms with Gasteiger partial charge in [0.15, 0.2) is 0 Å². The summed E-state index contributed by atoms with van der Waals surface area (Å²) in [5.41, 5.74) is 4.49. The van der Waals surface area contributed by atoms with Crippen LogP contribution in [0.25, 0.3) is 0 Å². The first-order valence-corrected chi connectivity index (χ1v) is 8.97. The third-order valence-corrected chi connectivity index (χ3v) is 4.34. The van der Waals surface area contributed by atoms with Crippen LogP contribution >= 0.6 is 12.4 Å². The van der Waals surface area contributed by atoms with E-state index in [4.69, 9.17) is 15.2 Å². The summed E-state index contributed by atoms with van der Waals surface area (Å²) >= 11 is 0. The number of alkyl halides is 3. The van der Waals surface area contributed by atoms with Crippen LogP contribution in [0.15, 0.2) is 18.2 Å². The summed E-state index contributed by atoms with van der Waals surface area (Å²) in [5.74, 6) is -0.350. The Labute approximate surface area is 169 Å². The molecule has 1 aromatic carbocycles. The van der Waals surface area contributed by atoms with Crippen molar-refractivity contribution < 1.29 is 27.4 Å². The standard InChI is InChI=1S/C19H27F3N2O3.ClH/c1-18(2,3)27-14-5-4-13(15(10-14)19(20,21)22)11-24-17(25)16(23)12-6-8-26-9-7-12;/h4-5,10,12,16H,6-9,11,23H2,1-3H3,(H,24,25);1H. The average molecular weight is 425 g/mol. The summed E-state index contributed by atoms with van der Waals surface area (Å²) in [6.45, 7) is 6.10. The molecule has 1 heterocycles. The van der Waals surface area contributed by atoms with Crippen molar-refractivity contribution in [3.63, 3.8) is 0 Å². The maximum Gasteiger partial charge on any atom is 0.416 e. The topological polar surface area (TPSA) is 73.6 Å². The molecule has 1 aromatic rings. The zero-order valence-electron chi connectivity index (χ0n) is 16.3. The van der Waals surface area contributed by atoms with Crippen LogP contribution in [0.4, 0.5) is 13.2 Å². The second-order valence-corrected chi connectivity index (χ2v) is 7.72. The third-order valence-electron chi connectivity index (χ3n) is 4.34. The fourth-order valence-electron chi connectivity index (χ4n) is 2.98. The van der Waals surface area contributed by atoms with E-state index in [-0.39, 0.29) is 36.2 Å². The van der Waals surface area contributed by atoms with E-state index < -0.39 is 29.3 Å². The lowest BCUT2D eigenvalue weighted by Crippen LogP contribution is -2.47. The number of amides is 1. The Morgan fingerprint density at radius 1 is 1.29 bits per heavy atom. The SMILES string of the molecule is CC(C)(C)Oc1ccc(CNC(=O)C(N)C2CCOCC2)c(C(F)(F)F)c1.Cl. The molecule has 0 saturated carbocycles. The van der Waals surface area contributed by atoms with Gasteiger partial charge in [-0.1, -0.05) is 6.07 Å². The number of halogens is 4. The molecule has 0 bridgehead atoms. The van der Waals surface area contributed by atoms with Gasteiger partial charge in [0.1, 0.15) is 11.4 Å². The monoisotopic (exact) mass is 424 g/mol. The maximum absolute atomic E-state index is 13.4. The van der Waals surface area contributed by atoms with Crippen LogP contribution in [0.1, 0.15) is 44.7 Å². The highest BCUT2D eigenvalue weighted by molar-refractivity contribution is 5.85. The van der Waals surface area contributed by atoms with Crippen molar-refractivity contribution in [1.82, 2.24) is 5.32 Å². The van der Waals surface area contributed by atoms with Gasteiger partial charge in [-0.3, -0.25) is 4.79 Å². The second-order valence-electron chi connectivity index (χ2n) is 7.72. The fraction of sp³-hybridized carbons (Fsp3) is 0.632. The molecule has 160 valence electrons. The summed E-state index contributed by atoms with van der Waals surface area (Å²) in [4.78, 5) is 12.2. The van der Waals surface area contributed by atoms with Crippen LogP contribution in [0.3, 0.4) is 0 Å².